The fourth-order valence-electron chi connectivity index (χ4n) is 2.57. The molecule has 1 heterocycles. The molecule has 0 aliphatic rings. The van der Waals surface area contributed by atoms with E-state index in [1.807, 2.05) is 37.3 Å². The van der Waals surface area contributed by atoms with Crippen LogP contribution in [0.1, 0.15) is 36.3 Å². The maximum Gasteiger partial charge on any atom is 0.338 e. The van der Waals surface area contributed by atoms with Gasteiger partial charge in [-0.2, -0.15) is 5.10 Å². The Morgan fingerprint density at radius 3 is 2.45 bits per heavy atom. The third-order valence-corrected chi connectivity index (χ3v) is 5.99. The molecule has 1 aromatic heterocycles. The van der Waals surface area contributed by atoms with E-state index in [1.54, 1.807) is 23.9 Å². The maximum absolute atomic E-state index is 12.3. The zero-order valence-electron chi connectivity index (χ0n) is 16.3. The summed E-state index contributed by atoms with van der Waals surface area (Å²) in [6, 6.07) is 16.9. The first-order valence-electron chi connectivity index (χ1n) is 9.28. The van der Waals surface area contributed by atoms with Crippen molar-refractivity contribution in [3.63, 3.8) is 0 Å². The molecule has 0 aliphatic carbocycles. The molecule has 2 aromatic carbocycles. The molecule has 1 unspecified atom stereocenters. The van der Waals surface area contributed by atoms with Gasteiger partial charge in [0, 0.05) is 12.2 Å². The van der Waals surface area contributed by atoms with Crippen LogP contribution >= 0.6 is 0 Å². The van der Waals surface area contributed by atoms with Crippen LogP contribution in [0.5, 0.6) is 0 Å². The first-order valence-corrected chi connectivity index (χ1v) is 10.8. The molecule has 0 radical (unpaired) electrons. The van der Waals surface area contributed by atoms with E-state index in [0.29, 0.717) is 12.1 Å². The number of hydrogen-bond donors (Lipinski definition) is 1. The highest BCUT2D eigenvalue weighted by Gasteiger charge is 2.17. The molecule has 1 N–H and O–H groups in total. The summed E-state index contributed by atoms with van der Waals surface area (Å²) in [6.45, 7) is 3.71. The molecule has 0 fully saturated rings. The Bertz CT molecular complexity index is 1060. The van der Waals surface area contributed by atoms with Crippen LogP contribution in [0.25, 0.3) is 5.69 Å². The van der Waals surface area contributed by atoms with Gasteiger partial charge in [0.1, 0.15) is 12.3 Å². The number of benzene rings is 2. The second kappa shape index (κ2) is 9.02. The fraction of sp³-hybridized carbons (Fsp3) is 0.238. The number of carbonyl (C=O) groups excluding carboxylic acids is 1. The highest BCUT2D eigenvalue weighted by molar-refractivity contribution is 7.89. The normalized spacial score (nSPS) is 12.5. The SMILES string of the molecule is CCC(C)NS(=O)(=O)c1ccc(C(=O)OCc2ccn(-c3ccccc3)n2)cc1. The number of ether oxygens (including phenoxy) is 1. The summed E-state index contributed by atoms with van der Waals surface area (Å²) in [6.07, 6.45) is 2.48. The van der Waals surface area contributed by atoms with Crippen LogP contribution < -0.4 is 4.72 Å². The summed E-state index contributed by atoms with van der Waals surface area (Å²) >= 11 is 0. The minimum atomic E-state index is -3.61. The minimum absolute atomic E-state index is 0.0221. The Morgan fingerprint density at radius 1 is 1.10 bits per heavy atom. The Hall–Kier alpha value is -2.97. The van der Waals surface area contributed by atoms with E-state index in [2.05, 4.69) is 9.82 Å². The van der Waals surface area contributed by atoms with Gasteiger partial charge < -0.3 is 4.74 Å². The van der Waals surface area contributed by atoms with E-state index >= 15 is 0 Å². The molecule has 0 saturated heterocycles. The minimum Gasteiger partial charge on any atom is -0.456 e. The number of hydrogen-bond acceptors (Lipinski definition) is 5. The Balaban J connectivity index is 1.61. The number of nitrogens with zero attached hydrogens (tertiary/aromatic N) is 2. The predicted molar refractivity (Wildman–Crippen MR) is 109 cm³/mol. The first kappa shape index (κ1) is 20.8. The topological polar surface area (TPSA) is 90.3 Å². The number of carbonyl (C=O) groups is 1. The van der Waals surface area contributed by atoms with Crippen LogP contribution in [0.2, 0.25) is 0 Å². The molecule has 0 saturated carbocycles. The van der Waals surface area contributed by atoms with Crippen molar-refractivity contribution < 1.29 is 17.9 Å². The van der Waals surface area contributed by atoms with Gasteiger partial charge >= 0.3 is 5.97 Å². The third-order valence-electron chi connectivity index (χ3n) is 4.39. The molecule has 0 spiro atoms. The lowest BCUT2D eigenvalue weighted by Gasteiger charge is -2.12. The molecule has 0 amide bonds. The summed E-state index contributed by atoms with van der Waals surface area (Å²) in [5, 5.41) is 4.38. The first-order chi connectivity index (χ1) is 13.9. The van der Waals surface area contributed by atoms with Crippen molar-refractivity contribution >= 4 is 16.0 Å². The molecule has 8 heteroatoms. The number of rotatable bonds is 8. The van der Waals surface area contributed by atoms with Crippen LogP contribution in [-0.4, -0.2) is 30.2 Å². The van der Waals surface area contributed by atoms with Gasteiger partial charge in [0.25, 0.3) is 0 Å². The van der Waals surface area contributed by atoms with E-state index in [1.165, 1.54) is 24.3 Å². The van der Waals surface area contributed by atoms with Crippen molar-refractivity contribution in [2.24, 2.45) is 0 Å². The average Bonchev–Trinajstić information content (AvgIpc) is 3.21. The van der Waals surface area contributed by atoms with E-state index in [4.69, 9.17) is 4.74 Å². The Labute approximate surface area is 170 Å². The number of sulfonamides is 1. The van der Waals surface area contributed by atoms with E-state index in [-0.39, 0.29) is 23.1 Å². The highest BCUT2D eigenvalue weighted by atomic mass is 32.2. The maximum atomic E-state index is 12.3. The van der Waals surface area contributed by atoms with Gasteiger partial charge in [-0.1, -0.05) is 25.1 Å². The second-order valence-electron chi connectivity index (χ2n) is 6.62. The van der Waals surface area contributed by atoms with Gasteiger partial charge in [-0.05, 0) is 55.8 Å². The molecule has 1 atom stereocenters. The molecular weight excluding hydrogens is 390 g/mol. The summed E-state index contributed by atoms with van der Waals surface area (Å²) in [5.74, 6) is -0.543. The average molecular weight is 413 g/mol. The largest absolute Gasteiger partial charge is 0.456 e. The molecule has 29 heavy (non-hydrogen) atoms. The number of aromatic nitrogens is 2. The van der Waals surface area contributed by atoms with Crippen molar-refractivity contribution in [1.82, 2.24) is 14.5 Å². The van der Waals surface area contributed by atoms with Crippen LogP contribution in [0.4, 0.5) is 0 Å². The molecular formula is C21H23N3O4S. The Morgan fingerprint density at radius 2 is 1.79 bits per heavy atom. The molecule has 3 aromatic rings. The summed E-state index contributed by atoms with van der Waals surface area (Å²) in [4.78, 5) is 12.4. The molecule has 0 bridgehead atoms. The zero-order valence-corrected chi connectivity index (χ0v) is 17.1. The molecule has 7 nitrogen and oxygen atoms in total. The monoisotopic (exact) mass is 413 g/mol. The lowest BCUT2D eigenvalue weighted by Crippen LogP contribution is -2.32. The van der Waals surface area contributed by atoms with Crippen molar-refractivity contribution in [2.75, 3.05) is 0 Å². The lowest BCUT2D eigenvalue weighted by molar-refractivity contribution is 0.0467. The van der Waals surface area contributed by atoms with Crippen LogP contribution in [0, 0.1) is 0 Å². The summed E-state index contributed by atoms with van der Waals surface area (Å²) in [7, 11) is -3.61. The Kier molecular flexibility index (Phi) is 6.46. The van der Waals surface area contributed by atoms with Gasteiger partial charge in [-0.15, -0.1) is 0 Å². The van der Waals surface area contributed by atoms with Crippen LogP contribution in [0.15, 0.2) is 71.8 Å². The fourth-order valence-corrected chi connectivity index (χ4v) is 3.90. The standard InChI is InChI=1S/C21H23N3O4S/c1-3-16(2)23-29(26,27)20-11-9-17(10-12-20)21(25)28-15-18-13-14-24(22-18)19-7-5-4-6-8-19/h4-14,16,23H,3,15H2,1-2H3. The van der Waals surface area contributed by atoms with Crippen LogP contribution in [0.3, 0.4) is 0 Å². The number of esters is 1. The number of nitrogens with one attached hydrogen (secondary N) is 1. The van der Waals surface area contributed by atoms with Crippen molar-refractivity contribution in [2.45, 2.75) is 37.8 Å². The molecule has 0 aliphatic heterocycles. The van der Waals surface area contributed by atoms with E-state index in [0.717, 1.165) is 5.69 Å². The van der Waals surface area contributed by atoms with E-state index in [9.17, 15) is 13.2 Å². The van der Waals surface area contributed by atoms with E-state index < -0.39 is 16.0 Å². The summed E-state index contributed by atoms with van der Waals surface area (Å²) in [5.41, 5.74) is 1.79. The van der Waals surface area contributed by atoms with Gasteiger partial charge in [0.15, 0.2) is 0 Å². The number of para-hydroxylation sites is 1. The summed E-state index contributed by atoms with van der Waals surface area (Å²) < 4.78 is 34.1. The quantitative estimate of drug-likeness (QED) is 0.572. The smallest absolute Gasteiger partial charge is 0.338 e. The second-order valence-corrected chi connectivity index (χ2v) is 8.33. The van der Waals surface area contributed by atoms with Crippen molar-refractivity contribution in [1.29, 1.82) is 0 Å². The van der Waals surface area contributed by atoms with Gasteiger partial charge in [0.2, 0.25) is 10.0 Å². The van der Waals surface area contributed by atoms with Gasteiger partial charge in [0.05, 0.1) is 16.1 Å². The van der Waals surface area contributed by atoms with Crippen LogP contribution in [-0.2, 0) is 21.4 Å². The zero-order chi connectivity index (χ0) is 20.9. The predicted octanol–water partition coefficient (Wildman–Crippen LogP) is 3.31. The highest BCUT2D eigenvalue weighted by Crippen LogP contribution is 2.13. The van der Waals surface area contributed by atoms with Crippen molar-refractivity contribution in [3.05, 3.63) is 78.1 Å². The van der Waals surface area contributed by atoms with Gasteiger partial charge in [-0.3, -0.25) is 0 Å². The third kappa shape index (κ3) is 5.30. The lowest BCUT2D eigenvalue weighted by atomic mass is 10.2. The molecule has 152 valence electrons. The van der Waals surface area contributed by atoms with Gasteiger partial charge in [-0.25, -0.2) is 22.6 Å². The molecule has 3 rings (SSSR count). The van der Waals surface area contributed by atoms with Crippen molar-refractivity contribution in [3.8, 4) is 5.69 Å².